The molecule has 1 aromatic heterocycles. The zero-order chi connectivity index (χ0) is 21.9. The van der Waals surface area contributed by atoms with Gasteiger partial charge in [0.1, 0.15) is 5.69 Å². The van der Waals surface area contributed by atoms with Crippen LogP contribution in [-0.2, 0) is 19.3 Å². The van der Waals surface area contributed by atoms with E-state index in [1.54, 1.807) is 4.57 Å². The van der Waals surface area contributed by atoms with Gasteiger partial charge < -0.3 is 9.97 Å². The Morgan fingerprint density at radius 1 is 0.938 bits per heavy atom. The molecule has 5 heteroatoms. The van der Waals surface area contributed by atoms with Gasteiger partial charge in [0.25, 0.3) is 5.56 Å². The number of hydrogen-bond acceptors (Lipinski definition) is 2. The SMILES string of the molecule is CCCc1cccc(-c2cn3c(=O)c(Cc4ccc[nH]4)nc-3c(Cc3ccccc3)[nH]2)c1. The van der Waals surface area contributed by atoms with Crippen molar-refractivity contribution in [2.75, 3.05) is 0 Å². The number of imidazole rings is 1. The van der Waals surface area contributed by atoms with E-state index in [-0.39, 0.29) is 5.56 Å². The minimum Gasteiger partial charge on any atom is -0.365 e. The van der Waals surface area contributed by atoms with Crippen LogP contribution in [0.5, 0.6) is 0 Å². The number of nitrogens with one attached hydrogen (secondary N) is 2. The average Bonchev–Trinajstić information content (AvgIpc) is 3.44. The van der Waals surface area contributed by atoms with E-state index >= 15 is 0 Å². The zero-order valence-electron chi connectivity index (χ0n) is 18.1. The second kappa shape index (κ2) is 8.71. The maximum Gasteiger partial charge on any atom is 0.278 e. The highest BCUT2D eigenvalue weighted by molar-refractivity contribution is 5.61. The molecular weight excluding hydrogens is 396 g/mol. The number of hydrogen-bond donors (Lipinski definition) is 2. The topological polar surface area (TPSA) is 66.5 Å². The Morgan fingerprint density at radius 2 is 1.78 bits per heavy atom. The summed E-state index contributed by atoms with van der Waals surface area (Å²) in [6.45, 7) is 2.18. The molecule has 0 spiro atoms. The predicted octanol–water partition coefficient (Wildman–Crippen LogP) is 5.13. The molecule has 0 saturated carbocycles. The molecule has 3 aromatic rings. The van der Waals surface area contributed by atoms with Gasteiger partial charge >= 0.3 is 0 Å². The highest BCUT2D eigenvalue weighted by atomic mass is 16.1. The van der Waals surface area contributed by atoms with Crippen molar-refractivity contribution < 1.29 is 0 Å². The summed E-state index contributed by atoms with van der Waals surface area (Å²) in [7, 11) is 0. The Bertz CT molecular complexity index is 1350. The fourth-order valence-electron chi connectivity index (χ4n) is 4.20. The molecule has 5 nitrogen and oxygen atoms in total. The minimum atomic E-state index is -0.0659. The number of aryl methyl sites for hydroxylation is 1. The molecule has 0 atom stereocenters. The summed E-state index contributed by atoms with van der Waals surface area (Å²) in [6, 6.07) is 22.7. The van der Waals surface area contributed by atoms with Gasteiger partial charge in [0.15, 0.2) is 5.82 Å². The first-order valence-corrected chi connectivity index (χ1v) is 11.1. The van der Waals surface area contributed by atoms with Crippen molar-refractivity contribution in [1.82, 2.24) is 19.5 Å². The normalized spacial score (nSPS) is 11.3. The van der Waals surface area contributed by atoms with E-state index in [0.29, 0.717) is 24.4 Å². The van der Waals surface area contributed by atoms with Crippen LogP contribution in [0.15, 0.2) is 83.9 Å². The number of aromatic amines is 2. The highest BCUT2D eigenvalue weighted by Crippen LogP contribution is 2.24. The first-order valence-electron chi connectivity index (χ1n) is 11.1. The van der Waals surface area contributed by atoms with Gasteiger partial charge in [0, 0.05) is 30.9 Å². The second-order valence-electron chi connectivity index (χ2n) is 8.19. The van der Waals surface area contributed by atoms with Crippen LogP contribution in [0.25, 0.3) is 17.1 Å². The predicted molar refractivity (Wildman–Crippen MR) is 128 cm³/mol. The van der Waals surface area contributed by atoms with Crippen LogP contribution < -0.4 is 5.56 Å². The van der Waals surface area contributed by atoms with E-state index in [9.17, 15) is 4.79 Å². The Labute approximate surface area is 187 Å². The summed E-state index contributed by atoms with van der Waals surface area (Å²) in [5.41, 5.74) is 6.85. The van der Waals surface area contributed by atoms with Gasteiger partial charge in [0.2, 0.25) is 0 Å². The third-order valence-electron chi connectivity index (χ3n) is 5.77. The number of benzene rings is 2. The molecule has 2 aliphatic heterocycles. The first-order chi connectivity index (χ1) is 15.7. The van der Waals surface area contributed by atoms with Crippen molar-refractivity contribution in [1.29, 1.82) is 0 Å². The molecule has 2 aliphatic rings. The van der Waals surface area contributed by atoms with E-state index in [1.165, 1.54) is 11.1 Å². The molecular formula is C27H26N4O. The van der Waals surface area contributed by atoms with Crippen molar-refractivity contribution in [3.8, 4) is 17.1 Å². The van der Waals surface area contributed by atoms with E-state index in [0.717, 1.165) is 35.5 Å². The summed E-state index contributed by atoms with van der Waals surface area (Å²) in [4.78, 5) is 24.8. The van der Waals surface area contributed by atoms with Crippen molar-refractivity contribution in [3.05, 3.63) is 118 Å². The lowest BCUT2D eigenvalue weighted by molar-refractivity contribution is 0.910. The van der Waals surface area contributed by atoms with Crippen LogP contribution in [0.3, 0.4) is 0 Å². The van der Waals surface area contributed by atoms with Crippen LogP contribution in [0.2, 0.25) is 0 Å². The van der Waals surface area contributed by atoms with Crippen molar-refractivity contribution in [2.45, 2.75) is 32.6 Å². The summed E-state index contributed by atoms with van der Waals surface area (Å²) < 4.78 is 1.70. The van der Waals surface area contributed by atoms with Crippen LogP contribution in [-0.4, -0.2) is 19.5 Å². The van der Waals surface area contributed by atoms with Gasteiger partial charge in [-0.2, -0.15) is 0 Å². The standard InChI is InChI=1S/C27H26N4O/c1-2-8-19-11-6-12-21(15-19)25-18-31-26(23(29-25)16-20-9-4-3-5-10-20)30-24(27(31)32)17-22-13-7-14-28-22/h3-7,9-15,18,28-29H,2,8,16-17H2,1H3. The molecule has 0 saturated heterocycles. The molecule has 0 amide bonds. The molecule has 32 heavy (non-hydrogen) atoms. The number of aromatic nitrogens is 4. The second-order valence-corrected chi connectivity index (χ2v) is 8.19. The largest absolute Gasteiger partial charge is 0.365 e. The minimum absolute atomic E-state index is 0.0659. The summed E-state index contributed by atoms with van der Waals surface area (Å²) in [5, 5.41) is 0. The van der Waals surface area contributed by atoms with Gasteiger partial charge in [-0.15, -0.1) is 0 Å². The maximum absolute atomic E-state index is 13.3. The Kier molecular flexibility index (Phi) is 5.46. The zero-order valence-corrected chi connectivity index (χ0v) is 18.1. The summed E-state index contributed by atoms with van der Waals surface area (Å²) in [5.74, 6) is 0.689. The Morgan fingerprint density at radius 3 is 2.56 bits per heavy atom. The lowest BCUT2D eigenvalue weighted by Gasteiger charge is -2.14. The number of H-pyrrole nitrogens is 2. The first kappa shape index (κ1) is 20.1. The van der Waals surface area contributed by atoms with Crippen molar-refractivity contribution >= 4 is 0 Å². The molecule has 5 rings (SSSR count). The molecule has 0 bridgehead atoms. The van der Waals surface area contributed by atoms with Crippen LogP contribution in [0.4, 0.5) is 0 Å². The summed E-state index contributed by atoms with van der Waals surface area (Å²) >= 11 is 0. The van der Waals surface area contributed by atoms with Gasteiger partial charge in [-0.25, -0.2) is 4.98 Å². The van der Waals surface area contributed by atoms with E-state index in [4.69, 9.17) is 4.98 Å². The number of nitrogens with zero attached hydrogens (tertiary/aromatic N) is 2. The molecule has 0 radical (unpaired) electrons. The van der Waals surface area contributed by atoms with Crippen molar-refractivity contribution in [2.24, 2.45) is 0 Å². The van der Waals surface area contributed by atoms with Crippen LogP contribution >= 0.6 is 0 Å². The van der Waals surface area contributed by atoms with Crippen LogP contribution in [0.1, 0.15) is 41.6 Å². The van der Waals surface area contributed by atoms with Gasteiger partial charge in [-0.3, -0.25) is 9.36 Å². The quantitative estimate of drug-likeness (QED) is 0.382. The molecule has 0 fully saturated rings. The number of rotatable bonds is 7. The third-order valence-corrected chi connectivity index (χ3v) is 5.77. The van der Waals surface area contributed by atoms with E-state index in [2.05, 4.69) is 53.3 Å². The lowest BCUT2D eigenvalue weighted by Crippen LogP contribution is -2.18. The van der Waals surface area contributed by atoms with Crippen molar-refractivity contribution in [3.63, 3.8) is 0 Å². The maximum atomic E-state index is 13.3. The summed E-state index contributed by atoms with van der Waals surface area (Å²) in [6.07, 6.45) is 7.05. The van der Waals surface area contributed by atoms with E-state index < -0.39 is 0 Å². The van der Waals surface area contributed by atoms with Crippen LogP contribution in [0, 0.1) is 0 Å². The third kappa shape index (κ3) is 4.02. The Balaban J connectivity index is 1.64. The Hall–Kier alpha value is -3.86. The molecule has 3 heterocycles. The monoisotopic (exact) mass is 422 g/mol. The molecule has 0 unspecified atom stereocenters. The fourth-order valence-corrected chi connectivity index (χ4v) is 4.20. The van der Waals surface area contributed by atoms with Gasteiger partial charge in [-0.05, 0) is 41.3 Å². The molecule has 2 aromatic carbocycles. The number of fused-ring (bicyclic) bond motifs is 1. The van der Waals surface area contributed by atoms with Gasteiger partial charge in [0.05, 0.1) is 11.4 Å². The fraction of sp³-hybridized carbons (Fsp3) is 0.185. The smallest absolute Gasteiger partial charge is 0.278 e. The molecule has 160 valence electrons. The molecule has 2 N–H and O–H groups in total. The average molecular weight is 423 g/mol. The highest BCUT2D eigenvalue weighted by Gasteiger charge is 2.20. The molecule has 0 aliphatic carbocycles. The lowest BCUT2D eigenvalue weighted by atomic mass is 10.0. The van der Waals surface area contributed by atoms with Gasteiger partial charge in [-0.1, -0.05) is 61.9 Å². The van der Waals surface area contributed by atoms with E-state index in [1.807, 2.05) is 42.7 Å².